The Bertz CT molecular complexity index is 594. The van der Waals surface area contributed by atoms with Gasteiger partial charge in [0, 0.05) is 5.56 Å². The molecule has 0 fully saturated rings. The standard InChI is InChI=1S/C14H11F3N2O/c15-14(16,17)12-3-1-2-4-13(12)19-18-11-7-5-10(9-20)6-8-11/h1-9,18-19H. The number of nitrogens with one attached hydrogen (secondary N) is 2. The Morgan fingerprint density at radius 2 is 1.55 bits per heavy atom. The van der Waals surface area contributed by atoms with E-state index in [1.54, 1.807) is 24.3 Å². The molecule has 0 atom stereocenters. The van der Waals surface area contributed by atoms with Crippen LogP contribution in [-0.4, -0.2) is 6.29 Å². The lowest BCUT2D eigenvalue weighted by molar-refractivity contribution is -0.136. The molecule has 2 aromatic rings. The molecule has 0 amide bonds. The molecule has 0 heterocycles. The van der Waals surface area contributed by atoms with Crippen molar-refractivity contribution < 1.29 is 18.0 Å². The van der Waals surface area contributed by atoms with Gasteiger partial charge < -0.3 is 10.9 Å². The highest BCUT2D eigenvalue weighted by molar-refractivity contribution is 5.75. The van der Waals surface area contributed by atoms with E-state index in [0.29, 0.717) is 17.5 Å². The molecule has 104 valence electrons. The van der Waals surface area contributed by atoms with Gasteiger partial charge in [-0.3, -0.25) is 4.79 Å². The molecule has 6 heteroatoms. The molecular formula is C14H11F3N2O. The van der Waals surface area contributed by atoms with Gasteiger partial charge in [0.05, 0.1) is 16.9 Å². The summed E-state index contributed by atoms with van der Waals surface area (Å²) < 4.78 is 38.3. The van der Waals surface area contributed by atoms with Crippen LogP contribution < -0.4 is 10.9 Å². The predicted octanol–water partition coefficient (Wildman–Crippen LogP) is 3.96. The number of carbonyl (C=O) groups excluding carboxylic acids is 1. The zero-order valence-corrected chi connectivity index (χ0v) is 10.2. The Morgan fingerprint density at radius 1 is 0.900 bits per heavy atom. The van der Waals surface area contributed by atoms with Gasteiger partial charge in [-0.25, -0.2) is 0 Å². The van der Waals surface area contributed by atoms with Crippen molar-refractivity contribution in [2.45, 2.75) is 6.18 Å². The minimum absolute atomic E-state index is 0.0699. The Balaban J connectivity index is 2.12. The molecule has 0 saturated heterocycles. The summed E-state index contributed by atoms with van der Waals surface area (Å²) in [5.41, 5.74) is 5.39. The topological polar surface area (TPSA) is 41.1 Å². The molecule has 0 radical (unpaired) electrons. The minimum atomic E-state index is -4.42. The maximum atomic E-state index is 12.8. The second-order valence-electron chi connectivity index (χ2n) is 4.03. The molecular weight excluding hydrogens is 269 g/mol. The van der Waals surface area contributed by atoms with Gasteiger partial charge in [0.25, 0.3) is 0 Å². The minimum Gasteiger partial charge on any atom is -0.301 e. The lowest BCUT2D eigenvalue weighted by Gasteiger charge is -2.15. The van der Waals surface area contributed by atoms with Gasteiger partial charge in [0.15, 0.2) is 0 Å². The monoisotopic (exact) mass is 280 g/mol. The molecule has 0 aliphatic rings. The lowest BCUT2D eigenvalue weighted by Crippen LogP contribution is -2.14. The van der Waals surface area contributed by atoms with E-state index >= 15 is 0 Å². The number of halogens is 3. The first-order chi connectivity index (χ1) is 9.50. The molecule has 2 aromatic carbocycles. The zero-order chi connectivity index (χ0) is 14.6. The summed E-state index contributed by atoms with van der Waals surface area (Å²) in [6.45, 7) is 0. The van der Waals surface area contributed by atoms with Crippen molar-refractivity contribution in [2.24, 2.45) is 0 Å². The van der Waals surface area contributed by atoms with Gasteiger partial charge in [0.1, 0.15) is 6.29 Å². The largest absolute Gasteiger partial charge is 0.418 e. The molecule has 0 aliphatic heterocycles. The van der Waals surface area contributed by atoms with Crippen molar-refractivity contribution in [1.82, 2.24) is 0 Å². The lowest BCUT2D eigenvalue weighted by atomic mass is 10.2. The molecule has 3 nitrogen and oxygen atoms in total. The number of hydrogen-bond donors (Lipinski definition) is 2. The van der Waals surface area contributed by atoms with E-state index < -0.39 is 11.7 Å². The number of carbonyl (C=O) groups is 1. The first kappa shape index (κ1) is 13.9. The predicted molar refractivity (Wildman–Crippen MR) is 70.5 cm³/mol. The third-order valence-electron chi connectivity index (χ3n) is 2.62. The van der Waals surface area contributed by atoms with Crippen LogP contribution in [0, 0.1) is 0 Å². The van der Waals surface area contributed by atoms with Crippen molar-refractivity contribution in [3.8, 4) is 0 Å². The van der Waals surface area contributed by atoms with Gasteiger partial charge in [-0.05, 0) is 36.4 Å². The second-order valence-corrected chi connectivity index (χ2v) is 4.03. The van der Waals surface area contributed by atoms with E-state index in [1.165, 1.54) is 18.2 Å². The van der Waals surface area contributed by atoms with E-state index in [1.807, 2.05) is 0 Å². The van der Waals surface area contributed by atoms with Crippen molar-refractivity contribution in [1.29, 1.82) is 0 Å². The van der Waals surface area contributed by atoms with Crippen LogP contribution in [0.25, 0.3) is 0 Å². The van der Waals surface area contributed by atoms with E-state index in [9.17, 15) is 18.0 Å². The maximum Gasteiger partial charge on any atom is 0.418 e. The van der Waals surface area contributed by atoms with Crippen LogP contribution in [0.1, 0.15) is 15.9 Å². The van der Waals surface area contributed by atoms with Gasteiger partial charge in [-0.15, -0.1) is 0 Å². The third-order valence-corrected chi connectivity index (χ3v) is 2.62. The highest BCUT2D eigenvalue weighted by Gasteiger charge is 2.33. The number of aldehydes is 1. The number of benzene rings is 2. The molecule has 0 unspecified atom stereocenters. The number of hydrazine groups is 1. The van der Waals surface area contributed by atoms with Crippen LogP contribution in [0.15, 0.2) is 48.5 Å². The highest BCUT2D eigenvalue weighted by Crippen LogP contribution is 2.34. The van der Waals surface area contributed by atoms with Crippen molar-refractivity contribution in [3.63, 3.8) is 0 Å². The van der Waals surface area contributed by atoms with Gasteiger partial charge in [-0.1, -0.05) is 12.1 Å². The Hall–Kier alpha value is -2.50. The van der Waals surface area contributed by atoms with Crippen LogP contribution in [0.2, 0.25) is 0 Å². The van der Waals surface area contributed by atoms with Crippen LogP contribution in [0.5, 0.6) is 0 Å². The Kier molecular flexibility index (Phi) is 3.93. The smallest absolute Gasteiger partial charge is 0.301 e. The summed E-state index contributed by atoms with van der Waals surface area (Å²) in [5, 5.41) is 0. The van der Waals surface area contributed by atoms with E-state index in [-0.39, 0.29) is 5.69 Å². The quantitative estimate of drug-likeness (QED) is 0.658. The van der Waals surface area contributed by atoms with Gasteiger partial charge in [-0.2, -0.15) is 13.2 Å². The SMILES string of the molecule is O=Cc1ccc(NNc2ccccc2C(F)(F)F)cc1. The van der Waals surface area contributed by atoms with Crippen molar-refractivity contribution in [3.05, 3.63) is 59.7 Å². The Morgan fingerprint density at radius 3 is 2.15 bits per heavy atom. The fourth-order valence-corrected chi connectivity index (χ4v) is 1.62. The number of anilines is 2. The summed E-state index contributed by atoms with van der Waals surface area (Å²) in [7, 11) is 0. The molecule has 2 N–H and O–H groups in total. The summed E-state index contributed by atoms with van der Waals surface area (Å²) in [6.07, 6.45) is -3.73. The van der Waals surface area contributed by atoms with E-state index in [2.05, 4.69) is 10.9 Å². The maximum absolute atomic E-state index is 12.8. The van der Waals surface area contributed by atoms with Crippen LogP contribution in [0.4, 0.5) is 24.5 Å². The average Bonchev–Trinajstić information content (AvgIpc) is 2.45. The molecule has 0 aliphatic carbocycles. The highest BCUT2D eigenvalue weighted by atomic mass is 19.4. The number of alkyl halides is 3. The molecule has 20 heavy (non-hydrogen) atoms. The fourth-order valence-electron chi connectivity index (χ4n) is 1.62. The first-order valence-electron chi connectivity index (χ1n) is 5.74. The number of para-hydroxylation sites is 1. The Labute approximate surface area is 113 Å². The fraction of sp³-hybridized carbons (Fsp3) is 0.0714. The summed E-state index contributed by atoms with van der Waals surface area (Å²) in [4.78, 5) is 10.5. The van der Waals surface area contributed by atoms with Crippen molar-refractivity contribution >= 4 is 17.7 Å². The third kappa shape index (κ3) is 3.28. The molecule has 2 rings (SSSR count). The summed E-state index contributed by atoms with van der Waals surface area (Å²) >= 11 is 0. The molecule has 0 saturated carbocycles. The summed E-state index contributed by atoms with van der Waals surface area (Å²) in [5.74, 6) is 0. The molecule has 0 bridgehead atoms. The van der Waals surface area contributed by atoms with Crippen LogP contribution >= 0.6 is 0 Å². The van der Waals surface area contributed by atoms with Crippen molar-refractivity contribution in [2.75, 3.05) is 10.9 Å². The number of hydrogen-bond acceptors (Lipinski definition) is 3. The van der Waals surface area contributed by atoms with Crippen LogP contribution in [-0.2, 0) is 6.18 Å². The second kappa shape index (κ2) is 5.64. The average molecular weight is 280 g/mol. The molecule has 0 aromatic heterocycles. The van der Waals surface area contributed by atoms with E-state index in [4.69, 9.17) is 0 Å². The van der Waals surface area contributed by atoms with Crippen LogP contribution in [0.3, 0.4) is 0 Å². The van der Waals surface area contributed by atoms with Gasteiger partial charge in [0.2, 0.25) is 0 Å². The normalized spacial score (nSPS) is 10.9. The van der Waals surface area contributed by atoms with E-state index in [0.717, 1.165) is 6.07 Å². The van der Waals surface area contributed by atoms with Gasteiger partial charge >= 0.3 is 6.18 Å². The summed E-state index contributed by atoms with van der Waals surface area (Å²) in [6, 6.07) is 11.5. The number of rotatable bonds is 4. The zero-order valence-electron chi connectivity index (χ0n) is 10.2. The first-order valence-corrected chi connectivity index (χ1v) is 5.74. The molecule has 0 spiro atoms.